The number of carbonyl (C=O) groups excluding carboxylic acids is 6. The average Bonchev–Trinajstić information content (AvgIpc) is 3.28. The number of likely N-dealkylation sites (tertiary alicyclic amines) is 2. The van der Waals surface area contributed by atoms with Gasteiger partial charge in [0.2, 0.25) is 35.4 Å². The van der Waals surface area contributed by atoms with Crippen molar-refractivity contribution in [2.75, 3.05) is 39.3 Å². The number of carbonyl (C=O) groups is 6. The highest BCUT2D eigenvalue weighted by Gasteiger charge is 2.49. The summed E-state index contributed by atoms with van der Waals surface area (Å²) in [5.41, 5.74) is 0. The molecule has 10 nitrogen and oxygen atoms in total. The second-order valence-electron chi connectivity index (χ2n) is 10.5. The number of fused-ring (bicyclic) bond motifs is 2. The Morgan fingerprint density at radius 1 is 0.632 bits per heavy atom. The summed E-state index contributed by atoms with van der Waals surface area (Å²) in [6, 6.07) is 0. The standard InChI is InChI=1S/C26H30Cl2N4O6/c27-15-1-3-17-19(13-15)25(37)31(23(17)35)7-5-21(33)29-9-11-30(12-10-29)22(34)6-8-32-24(36)18-4-2-16(28)14-20(18)26(32)38/h1-2,17-20H,3-14H2. The molecule has 2 aliphatic carbocycles. The van der Waals surface area contributed by atoms with Gasteiger partial charge in [-0.25, -0.2) is 0 Å². The maximum atomic E-state index is 12.8. The largest absolute Gasteiger partial charge is 0.339 e. The summed E-state index contributed by atoms with van der Waals surface area (Å²) >= 11 is 12.1. The molecular formula is C26H30Cl2N4O6. The van der Waals surface area contributed by atoms with Gasteiger partial charge in [-0.3, -0.25) is 38.6 Å². The van der Waals surface area contributed by atoms with Gasteiger partial charge < -0.3 is 9.80 Å². The Bertz CT molecular complexity index is 1060. The van der Waals surface area contributed by atoms with Crippen molar-refractivity contribution in [3.8, 4) is 0 Å². The third-order valence-corrected chi connectivity index (χ3v) is 9.02. The molecule has 0 bridgehead atoms. The molecule has 5 aliphatic rings. The Morgan fingerprint density at radius 3 is 1.34 bits per heavy atom. The zero-order valence-corrected chi connectivity index (χ0v) is 22.5. The first-order chi connectivity index (χ1) is 18.2. The molecule has 0 aromatic heterocycles. The predicted octanol–water partition coefficient (Wildman–Crippen LogP) is 1.47. The van der Waals surface area contributed by atoms with Crippen molar-refractivity contribution in [3.05, 3.63) is 22.2 Å². The van der Waals surface area contributed by atoms with Crippen LogP contribution in [0.4, 0.5) is 0 Å². The minimum absolute atomic E-state index is 0.0341. The molecule has 3 aliphatic heterocycles. The van der Waals surface area contributed by atoms with Gasteiger partial charge in [-0.05, 0) is 25.7 Å². The van der Waals surface area contributed by atoms with E-state index in [0.29, 0.717) is 61.9 Å². The van der Waals surface area contributed by atoms with Crippen molar-refractivity contribution in [2.45, 2.75) is 38.5 Å². The molecule has 0 N–H and O–H groups in total. The SMILES string of the molecule is O=C(CCN1C(=O)C2CC=C(Cl)CC2C1=O)N1CCN(C(=O)CCN2C(=O)C3CC=C(Cl)CC3C2=O)CC1. The lowest BCUT2D eigenvalue weighted by molar-refractivity contribution is -0.145. The fraction of sp³-hybridized carbons (Fsp3) is 0.615. The molecule has 3 saturated heterocycles. The van der Waals surface area contributed by atoms with E-state index in [9.17, 15) is 28.8 Å². The Kier molecular flexibility index (Phi) is 7.64. The number of halogens is 2. The van der Waals surface area contributed by atoms with Crippen LogP contribution in [-0.4, -0.2) is 94.3 Å². The highest BCUT2D eigenvalue weighted by molar-refractivity contribution is 6.30. The molecule has 4 atom stereocenters. The number of piperazine rings is 1. The van der Waals surface area contributed by atoms with E-state index in [-0.39, 0.29) is 73.2 Å². The first kappa shape index (κ1) is 26.9. The van der Waals surface area contributed by atoms with Crippen LogP contribution in [0.3, 0.4) is 0 Å². The second kappa shape index (κ2) is 10.8. The quantitative estimate of drug-likeness (QED) is 0.451. The zero-order chi connectivity index (χ0) is 27.1. The summed E-state index contributed by atoms with van der Waals surface area (Å²) in [6.45, 7) is 1.45. The molecule has 0 aromatic rings. The van der Waals surface area contributed by atoms with E-state index in [4.69, 9.17) is 23.2 Å². The molecule has 3 heterocycles. The molecule has 6 amide bonds. The number of allylic oxidation sites excluding steroid dienone is 4. The third kappa shape index (κ3) is 5.00. The van der Waals surface area contributed by atoms with Crippen LogP contribution >= 0.6 is 23.2 Å². The molecular weight excluding hydrogens is 535 g/mol. The lowest BCUT2D eigenvalue weighted by Crippen LogP contribution is -2.51. The number of hydrogen-bond acceptors (Lipinski definition) is 6. The summed E-state index contributed by atoms with van der Waals surface area (Å²) in [5, 5.41) is 1.19. The Labute approximate surface area is 230 Å². The molecule has 0 aromatic carbocycles. The highest BCUT2D eigenvalue weighted by Crippen LogP contribution is 2.40. The van der Waals surface area contributed by atoms with Gasteiger partial charge in [-0.2, -0.15) is 0 Å². The average molecular weight is 565 g/mol. The smallest absolute Gasteiger partial charge is 0.233 e. The summed E-state index contributed by atoms with van der Waals surface area (Å²) in [6.07, 6.45) is 5.25. The number of nitrogens with zero attached hydrogens (tertiary/aromatic N) is 4. The maximum absolute atomic E-state index is 12.8. The van der Waals surface area contributed by atoms with E-state index in [1.807, 2.05) is 0 Å². The normalized spacial score (nSPS) is 29.4. The van der Waals surface area contributed by atoms with Crippen LogP contribution in [0.2, 0.25) is 0 Å². The monoisotopic (exact) mass is 564 g/mol. The first-order valence-electron chi connectivity index (χ1n) is 13.1. The second-order valence-corrected chi connectivity index (χ2v) is 11.5. The van der Waals surface area contributed by atoms with Gasteiger partial charge in [0.05, 0.1) is 23.7 Å². The highest BCUT2D eigenvalue weighted by atomic mass is 35.5. The van der Waals surface area contributed by atoms with E-state index in [2.05, 4.69) is 0 Å². The number of hydrogen-bond donors (Lipinski definition) is 0. The van der Waals surface area contributed by atoms with Crippen molar-refractivity contribution in [1.29, 1.82) is 0 Å². The van der Waals surface area contributed by atoms with Crippen molar-refractivity contribution < 1.29 is 28.8 Å². The number of rotatable bonds is 6. The lowest BCUT2D eigenvalue weighted by Gasteiger charge is -2.35. The molecule has 3 fully saturated rings. The fourth-order valence-electron chi connectivity index (χ4n) is 6.17. The van der Waals surface area contributed by atoms with Crippen LogP contribution in [0.5, 0.6) is 0 Å². The summed E-state index contributed by atoms with van der Waals surface area (Å²) in [4.78, 5) is 81.9. The van der Waals surface area contributed by atoms with E-state index in [0.717, 1.165) is 0 Å². The van der Waals surface area contributed by atoms with E-state index in [1.54, 1.807) is 22.0 Å². The topological polar surface area (TPSA) is 115 Å². The van der Waals surface area contributed by atoms with Crippen LogP contribution in [0.15, 0.2) is 22.2 Å². The molecule has 0 saturated carbocycles. The molecule has 4 unspecified atom stereocenters. The summed E-state index contributed by atoms with van der Waals surface area (Å²) in [5.74, 6) is -3.00. The van der Waals surface area contributed by atoms with Crippen LogP contribution in [-0.2, 0) is 28.8 Å². The summed E-state index contributed by atoms with van der Waals surface area (Å²) in [7, 11) is 0. The van der Waals surface area contributed by atoms with Crippen LogP contribution in [0, 0.1) is 23.7 Å². The van der Waals surface area contributed by atoms with E-state index in [1.165, 1.54) is 9.80 Å². The van der Waals surface area contributed by atoms with Crippen LogP contribution in [0.1, 0.15) is 38.5 Å². The van der Waals surface area contributed by atoms with Gasteiger partial charge in [0.15, 0.2) is 0 Å². The van der Waals surface area contributed by atoms with Gasteiger partial charge in [-0.15, -0.1) is 0 Å². The molecule has 38 heavy (non-hydrogen) atoms. The van der Waals surface area contributed by atoms with Crippen molar-refractivity contribution in [3.63, 3.8) is 0 Å². The zero-order valence-electron chi connectivity index (χ0n) is 20.9. The van der Waals surface area contributed by atoms with Gasteiger partial charge in [0.1, 0.15) is 0 Å². The Hall–Kier alpha value is -2.72. The van der Waals surface area contributed by atoms with E-state index >= 15 is 0 Å². The van der Waals surface area contributed by atoms with E-state index < -0.39 is 11.8 Å². The number of imide groups is 2. The molecule has 204 valence electrons. The predicted molar refractivity (Wildman–Crippen MR) is 136 cm³/mol. The van der Waals surface area contributed by atoms with Gasteiger partial charge >= 0.3 is 0 Å². The minimum atomic E-state index is -0.436. The van der Waals surface area contributed by atoms with Crippen molar-refractivity contribution in [1.82, 2.24) is 19.6 Å². The number of amides is 6. The van der Waals surface area contributed by atoms with Gasteiger partial charge in [0.25, 0.3) is 0 Å². The van der Waals surface area contributed by atoms with Crippen LogP contribution < -0.4 is 0 Å². The van der Waals surface area contributed by atoms with Gasteiger partial charge in [-0.1, -0.05) is 35.4 Å². The molecule has 5 rings (SSSR count). The summed E-state index contributed by atoms with van der Waals surface area (Å²) < 4.78 is 0. The Morgan fingerprint density at radius 2 is 0.974 bits per heavy atom. The lowest BCUT2D eigenvalue weighted by atomic mass is 9.85. The first-order valence-corrected chi connectivity index (χ1v) is 13.9. The Balaban J connectivity index is 1.05. The van der Waals surface area contributed by atoms with Crippen molar-refractivity contribution in [2.24, 2.45) is 23.7 Å². The maximum Gasteiger partial charge on any atom is 0.233 e. The van der Waals surface area contributed by atoms with Crippen molar-refractivity contribution >= 4 is 58.6 Å². The van der Waals surface area contributed by atoms with Crippen LogP contribution in [0.25, 0.3) is 0 Å². The molecule has 0 radical (unpaired) electrons. The molecule has 12 heteroatoms. The minimum Gasteiger partial charge on any atom is -0.339 e. The third-order valence-electron chi connectivity index (χ3n) is 8.40. The fourth-order valence-corrected chi connectivity index (χ4v) is 6.68. The van der Waals surface area contributed by atoms with Gasteiger partial charge in [0, 0.05) is 62.2 Å². The molecule has 0 spiro atoms.